The quantitative estimate of drug-likeness (QED) is 0.741. The number of carbonyl (C=O) groups is 1. The Morgan fingerprint density at radius 3 is 2.61 bits per heavy atom. The number of halogens is 2. The molecule has 0 spiro atoms. The maximum atomic E-state index is 11.4. The summed E-state index contributed by atoms with van der Waals surface area (Å²) < 4.78 is 12.6. The summed E-state index contributed by atoms with van der Waals surface area (Å²) in [5.41, 5.74) is -0.385. The fourth-order valence-electron chi connectivity index (χ4n) is 2.01. The van der Waals surface area contributed by atoms with Crippen LogP contribution in [0.4, 0.5) is 0 Å². The van der Waals surface area contributed by atoms with Crippen LogP contribution in [0.2, 0.25) is 0 Å². The van der Waals surface area contributed by atoms with Crippen molar-refractivity contribution in [1.82, 2.24) is 0 Å². The lowest BCUT2D eigenvalue weighted by atomic mass is 9.77. The minimum absolute atomic E-state index is 0.220. The summed E-state index contributed by atoms with van der Waals surface area (Å²) in [4.78, 5) is 11.4. The van der Waals surface area contributed by atoms with Crippen LogP contribution in [0.3, 0.4) is 0 Å². The second kappa shape index (κ2) is 5.61. The van der Waals surface area contributed by atoms with Crippen molar-refractivity contribution in [2.75, 3.05) is 7.11 Å². The molecule has 2 rings (SSSR count). The zero-order valence-electron chi connectivity index (χ0n) is 10.0. The van der Waals surface area contributed by atoms with Crippen LogP contribution in [0.1, 0.15) is 25.7 Å². The molecule has 0 bridgehead atoms. The highest BCUT2D eigenvalue weighted by atomic mass is 79.9. The van der Waals surface area contributed by atoms with Crippen LogP contribution in [-0.2, 0) is 9.53 Å². The van der Waals surface area contributed by atoms with Crippen molar-refractivity contribution in [3.05, 3.63) is 27.1 Å². The Hall–Kier alpha value is -0.550. The van der Waals surface area contributed by atoms with Crippen LogP contribution in [0.5, 0.6) is 5.75 Å². The predicted octanol–water partition coefficient (Wildman–Crippen LogP) is 4.08. The molecule has 0 N–H and O–H groups in total. The molecular formula is C13H14Br2O3. The largest absolute Gasteiger partial charge is 0.485 e. The molecule has 1 saturated carbocycles. The van der Waals surface area contributed by atoms with Gasteiger partial charge in [0, 0.05) is 4.47 Å². The summed E-state index contributed by atoms with van der Waals surface area (Å²) in [5, 5.41) is 0. The molecule has 1 aliphatic carbocycles. The van der Waals surface area contributed by atoms with E-state index in [-0.39, 0.29) is 11.6 Å². The second-order valence-corrected chi connectivity index (χ2v) is 6.24. The number of benzene rings is 1. The highest BCUT2D eigenvalue weighted by molar-refractivity contribution is 9.11. The van der Waals surface area contributed by atoms with Gasteiger partial charge in [0.05, 0.1) is 18.0 Å². The average molecular weight is 378 g/mol. The third-order valence-corrected chi connectivity index (χ3v) is 4.29. The van der Waals surface area contributed by atoms with Crippen molar-refractivity contribution in [3.63, 3.8) is 0 Å². The van der Waals surface area contributed by atoms with E-state index < -0.39 is 0 Å². The predicted molar refractivity (Wildman–Crippen MR) is 75.7 cm³/mol. The fraction of sp³-hybridized carbons (Fsp3) is 0.462. The smallest absolute Gasteiger partial charge is 0.309 e. The second-order valence-electron chi connectivity index (χ2n) is 4.47. The van der Waals surface area contributed by atoms with Crippen LogP contribution in [0, 0.1) is 0 Å². The first-order valence-electron chi connectivity index (χ1n) is 5.75. The maximum Gasteiger partial charge on any atom is 0.309 e. The number of carbonyl (C=O) groups excluding carboxylic acids is 1. The third kappa shape index (κ3) is 3.06. The molecule has 18 heavy (non-hydrogen) atoms. The summed E-state index contributed by atoms with van der Waals surface area (Å²) in [6.07, 6.45) is 3.19. The number of esters is 1. The molecule has 1 aromatic rings. The van der Waals surface area contributed by atoms with Gasteiger partial charge >= 0.3 is 5.97 Å². The first-order chi connectivity index (χ1) is 8.54. The van der Waals surface area contributed by atoms with Crippen LogP contribution >= 0.6 is 31.9 Å². The number of ether oxygens (including phenoxy) is 2. The molecule has 0 aromatic heterocycles. The fourth-order valence-corrected chi connectivity index (χ4v) is 3.14. The van der Waals surface area contributed by atoms with Crippen molar-refractivity contribution in [2.45, 2.75) is 31.3 Å². The van der Waals surface area contributed by atoms with Crippen molar-refractivity contribution in [3.8, 4) is 5.75 Å². The van der Waals surface area contributed by atoms with Gasteiger partial charge in [0.2, 0.25) is 0 Å². The Labute approximate surface area is 123 Å². The van der Waals surface area contributed by atoms with Gasteiger partial charge in [-0.2, -0.15) is 0 Å². The highest BCUT2D eigenvalue weighted by Gasteiger charge is 2.42. The van der Waals surface area contributed by atoms with Gasteiger partial charge in [-0.25, -0.2) is 0 Å². The Morgan fingerprint density at radius 1 is 1.39 bits per heavy atom. The minimum Gasteiger partial charge on any atom is -0.485 e. The Kier molecular flexibility index (Phi) is 4.33. The molecule has 0 unspecified atom stereocenters. The molecular weight excluding hydrogens is 364 g/mol. The van der Waals surface area contributed by atoms with Gasteiger partial charge in [-0.05, 0) is 53.4 Å². The molecule has 5 heteroatoms. The van der Waals surface area contributed by atoms with Crippen molar-refractivity contribution >= 4 is 37.8 Å². The molecule has 0 aliphatic heterocycles. The number of hydrogen-bond acceptors (Lipinski definition) is 3. The first-order valence-corrected chi connectivity index (χ1v) is 7.34. The lowest BCUT2D eigenvalue weighted by Crippen LogP contribution is -2.45. The van der Waals surface area contributed by atoms with Gasteiger partial charge in [-0.3, -0.25) is 4.79 Å². The number of hydrogen-bond donors (Lipinski definition) is 0. The summed E-state index contributed by atoms with van der Waals surface area (Å²) in [6, 6.07) is 5.75. The van der Waals surface area contributed by atoms with Gasteiger partial charge < -0.3 is 9.47 Å². The third-order valence-electron chi connectivity index (χ3n) is 3.18. The van der Waals surface area contributed by atoms with Gasteiger partial charge in [0.1, 0.15) is 11.4 Å². The topological polar surface area (TPSA) is 35.5 Å². The zero-order chi connectivity index (χ0) is 13.2. The summed E-state index contributed by atoms with van der Waals surface area (Å²) in [6.45, 7) is 0. The van der Waals surface area contributed by atoms with E-state index in [2.05, 4.69) is 31.9 Å². The van der Waals surface area contributed by atoms with E-state index in [1.165, 1.54) is 7.11 Å². The Bertz CT molecular complexity index is 456. The molecule has 3 nitrogen and oxygen atoms in total. The van der Waals surface area contributed by atoms with Crippen LogP contribution in [-0.4, -0.2) is 18.7 Å². The lowest BCUT2D eigenvalue weighted by molar-refractivity contribution is -0.148. The van der Waals surface area contributed by atoms with E-state index in [0.29, 0.717) is 6.42 Å². The molecule has 1 aromatic carbocycles. The lowest BCUT2D eigenvalue weighted by Gasteiger charge is -2.41. The van der Waals surface area contributed by atoms with E-state index in [1.807, 2.05) is 18.2 Å². The normalized spacial score (nSPS) is 16.8. The van der Waals surface area contributed by atoms with Crippen LogP contribution < -0.4 is 4.74 Å². The maximum absolute atomic E-state index is 11.4. The molecule has 0 radical (unpaired) electrons. The average Bonchev–Trinajstić information content (AvgIpc) is 2.29. The molecule has 1 aliphatic rings. The van der Waals surface area contributed by atoms with E-state index in [0.717, 1.165) is 34.0 Å². The molecule has 0 heterocycles. The van der Waals surface area contributed by atoms with E-state index in [1.54, 1.807) is 0 Å². The van der Waals surface area contributed by atoms with E-state index >= 15 is 0 Å². The molecule has 1 fully saturated rings. The van der Waals surface area contributed by atoms with Gasteiger partial charge in [-0.15, -0.1) is 0 Å². The van der Waals surface area contributed by atoms with E-state index in [4.69, 9.17) is 9.47 Å². The van der Waals surface area contributed by atoms with E-state index in [9.17, 15) is 4.79 Å². The van der Waals surface area contributed by atoms with Crippen LogP contribution in [0.25, 0.3) is 0 Å². The van der Waals surface area contributed by atoms with Crippen molar-refractivity contribution < 1.29 is 14.3 Å². The van der Waals surface area contributed by atoms with Gasteiger partial charge in [-0.1, -0.05) is 15.9 Å². The van der Waals surface area contributed by atoms with Crippen molar-refractivity contribution in [2.24, 2.45) is 0 Å². The molecule has 0 saturated heterocycles. The minimum atomic E-state index is -0.385. The SMILES string of the molecule is COC(=O)CC1(Oc2ccc(Br)cc2Br)CCC1. The standard InChI is InChI=1S/C13H14Br2O3/c1-17-12(16)8-13(5-2-6-13)18-11-4-3-9(14)7-10(11)15/h3-4,7H,2,5-6,8H2,1H3. The molecule has 98 valence electrons. The van der Waals surface area contributed by atoms with Gasteiger partial charge in [0.25, 0.3) is 0 Å². The summed E-state index contributed by atoms with van der Waals surface area (Å²) in [7, 11) is 1.41. The first kappa shape index (κ1) is 13.9. The summed E-state index contributed by atoms with van der Waals surface area (Å²) >= 11 is 6.86. The summed E-state index contributed by atoms with van der Waals surface area (Å²) in [5.74, 6) is 0.546. The highest BCUT2D eigenvalue weighted by Crippen LogP contribution is 2.42. The molecule has 0 amide bonds. The Balaban J connectivity index is 2.12. The monoisotopic (exact) mass is 376 g/mol. The Morgan fingerprint density at radius 2 is 2.11 bits per heavy atom. The number of rotatable bonds is 4. The molecule has 0 atom stereocenters. The van der Waals surface area contributed by atoms with Crippen LogP contribution in [0.15, 0.2) is 27.1 Å². The van der Waals surface area contributed by atoms with Gasteiger partial charge in [0.15, 0.2) is 0 Å². The van der Waals surface area contributed by atoms with Crippen molar-refractivity contribution in [1.29, 1.82) is 0 Å². The zero-order valence-corrected chi connectivity index (χ0v) is 13.2. The number of methoxy groups -OCH3 is 1.